The molecule has 10 rings (SSSR count). The second-order valence-electron chi connectivity index (χ2n) is 13.6. The lowest BCUT2D eigenvalue weighted by molar-refractivity contribution is 0.623. The van der Waals surface area contributed by atoms with Gasteiger partial charge in [-0.15, -0.1) is 0 Å². The van der Waals surface area contributed by atoms with Crippen LogP contribution in [-0.4, -0.2) is 4.98 Å². The quantitative estimate of drug-likeness (QED) is 0.167. The van der Waals surface area contributed by atoms with Crippen molar-refractivity contribution in [2.45, 2.75) is 0 Å². The van der Waals surface area contributed by atoms with Crippen LogP contribution in [0.15, 0.2) is 211 Å². The summed E-state index contributed by atoms with van der Waals surface area (Å²) in [5.74, 6) is 0.611. The SMILES string of the molecule is c1ccc(-c2ccc(-c3nc4ccc5ccc(N(c6ccc(-c7ccccc7)cc6)c6ccc(-c7cccc8ccccc78)cc6)cc5c4o3)cc2)cc1. The third kappa shape index (κ3) is 5.78. The van der Waals surface area contributed by atoms with Gasteiger partial charge < -0.3 is 9.32 Å². The normalized spacial score (nSPS) is 11.3. The number of benzene rings is 9. The minimum Gasteiger partial charge on any atom is -0.435 e. The van der Waals surface area contributed by atoms with E-state index in [1.54, 1.807) is 0 Å². The molecule has 0 saturated carbocycles. The van der Waals surface area contributed by atoms with E-state index < -0.39 is 0 Å². The van der Waals surface area contributed by atoms with Crippen LogP contribution >= 0.6 is 0 Å². The molecule has 1 aromatic heterocycles. The third-order valence-corrected chi connectivity index (χ3v) is 10.3. The molecule has 0 aliphatic rings. The molecule has 3 heteroatoms. The molecule has 0 aliphatic heterocycles. The number of hydrogen-bond acceptors (Lipinski definition) is 3. The van der Waals surface area contributed by atoms with Crippen molar-refractivity contribution in [3.05, 3.63) is 206 Å². The maximum atomic E-state index is 6.59. The van der Waals surface area contributed by atoms with E-state index in [-0.39, 0.29) is 0 Å². The molecule has 3 nitrogen and oxygen atoms in total. The van der Waals surface area contributed by atoms with Crippen molar-refractivity contribution in [1.29, 1.82) is 0 Å². The summed E-state index contributed by atoms with van der Waals surface area (Å²) < 4.78 is 6.59. The summed E-state index contributed by atoms with van der Waals surface area (Å²) in [6, 6.07) is 72.9. The lowest BCUT2D eigenvalue weighted by atomic mass is 9.98. The predicted molar refractivity (Wildman–Crippen MR) is 225 cm³/mol. The van der Waals surface area contributed by atoms with E-state index in [0.717, 1.165) is 50.1 Å². The predicted octanol–water partition coefficient (Wildman–Crippen LogP) is 14.3. The highest BCUT2D eigenvalue weighted by molar-refractivity contribution is 6.05. The van der Waals surface area contributed by atoms with Crippen LogP contribution in [0.3, 0.4) is 0 Å². The molecule has 0 atom stereocenters. The highest BCUT2D eigenvalue weighted by Crippen LogP contribution is 2.40. The molecule has 0 radical (unpaired) electrons. The Bertz CT molecular complexity index is 2890. The minimum atomic E-state index is 0.611. The first kappa shape index (κ1) is 31.5. The van der Waals surface area contributed by atoms with Crippen molar-refractivity contribution < 1.29 is 4.42 Å². The molecule has 0 bridgehead atoms. The standard InChI is InChI=1S/C51H34N2O/c1-3-10-35(11-4-1)37-18-20-42(21-19-37)51-52-49-33-27-41-26-32-45(34-48(41)50(49)54-51)53(43-28-22-38(23-29-43)36-12-5-2-6-13-36)44-30-24-40(25-31-44)47-17-9-15-39-14-7-8-16-46(39)47/h1-34H. The number of aromatic nitrogens is 1. The lowest BCUT2D eigenvalue weighted by Crippen LogP contribution is -2.09. The second-order valence-corrected chi connectivity index (χ2v) is 13.6. The first-order chi connectivity index (χ1) is 26.7. The molecule has 10 aromatic rings. The number of oxazole rings is 1. The van der Waals surface area contributed by atoms with Gasteiger partial charge >= 0.3 is 0 Å². The van der Waals surface area contributed by atoms with Crippen LogP contribution in [0.4, 0.5) is 17.1 Å². The molecule has 0 N–H and O–H groups in total. The number of anilines is 3. The highest BCUT2D eigenvalue weighted by Gasteiger charge is 2.17. The van der Waals surface area contributed by atoms with Gasteiger partial charge in [0.2, 0.25) is 5.89 Å². The van der Waals surface area contributed by atoms with E-state index in [2.05, 4.69) is 205 Å². The molecule has 0 saturated heterocycles. The van der Waals surface area contributed by atoms with Crippen LogP contribution in [0, 0.1) is 0 Å². The number of nitrogens with zero attached hydrogens (tertiary/aromatic N) is 2. The summed E-state index contributed by atoms with van der Waals surface area (Å²) in [6.07, 6.45) is 0. The zero-order valence-electron chi connectivity index (χ0n) is 29.4. The van der Waals surface area contributed by atoms with Gasteiger partial charge in [-0.3, -0.25) is 0 Å². The fourth-order valence-corrected chi connectivity index (χ4v) is 7.54. The Kier molecular flexibility index (Phi) is 7.81. The van der Waals surface area contributed by atoms with E-state index in [1.165, 1.54) is 38.6 Å². The number of rotatable bonds is 7. The molecule has 0 fully saturated rings. The van der Waals surface area contributed by atoms with Crippen molar-refractivity contribution in [2.24, 2.45) is 0 Å². The van der Waals surface area contributed by atoms with E-state index >= 15 is 0 Å². The Hall–Kier alpha value is -7.23. The van der Waals surface area contributed by atoms with Gasteiger partial charge in [-0.05, 0) is 104 Å². The van der Waals surface area contributed by atoms with Gasteiger partial charge in [0.05, 0.1) is 0 Å². The summed E-state index contributed by atoms with van der Waals surface area (Å²) in [5.41, 5.74) is 12.8. The molecular weight excluding hydrogens is 657 g/mol. The monoisotopic (exact) mass is 690 g/mol. The third-order valence-electron chi connectivity index (χ3n) is 10.3. The summed E-state index contributed by atoms with van der Waals surface area (Å²) in [7, 11) is 0. The summed E-state index contributed by atoms with van der Waals surface area (Å²) >= 11 is 0. The zero-order valence-corrected chi connectivity index (χ0v) is 29.4. The van der Waals surface area contributed by atoms with Gasteiger partial charge in [0, 0.05) is 28.0 Å². The van der Waals surface area contributed by atoms with E-state index in [0.29, 0.717) is 5.89 Å². The van der Waals surface area contributed by atoms with Gasteiger partial charge in [-0.1, -0.05) is 152 Å². The molecule has 0 aliphatic carbocycles. The maximum Gasteiger partial charge on any atom is 0.227 e. The average Bonchev–Trinajstić information content (AvgIpc) is 3.70. The molecule has 0 amide bonds. The molecule has 254 valence electrons. The first-order valence-electron chi connectivity index (χ1n) is 18.3. The molecule has 0 spiro atoms. The van der Waals surface area contributed by atoms with Crippen molar-refractivity contribution in [3.63, 3.8) is 0 Å². The average molecular weight is 691 g/mol. The molecule has 9 aromatic carbocycles. The van der Waals surface area contributed by atoms with Crippen molar-refractivity contribution in [1.82, 2.24) is 4.98 Å². The van der Waals surface area contributed by atoms with E-state index in [4.69, 9.17) is 9.40 Å². The molecule has 1 heterocycles. The summed E-state index contributed by atoms with van der Waals surface area (Å²) in [6.45, 7) is 0. The summed E-state index contributed by atoms with van der Waals surface area (Å²) in [4.78, 5) is 7.26. The minimum absolute atomic E-state index is 0.611. The fourth-order valence-electron chi connectivity index (χ4n) is 7.54. The van der Waals surface area contributed by atoms with Crippen LogP contribution in [0.25, 0.3) is 77.5 Å². The fraction of sp³-hybridized carbons (Fsp3) is 0. The van der Waals surface area contributed by atoms with Gasteiger partial charge in [0.1, 0.15) is 5.52 Å². The Labute approximate surface area is 314 Å². The van der Waals surface area contributed by atoms with Crippen LogP contribution in [0.2, 0.25) is 0 Å². The molecule has 0 unspecified atom stereocenters. The van der Waals surface area contributed by atoms with Crippen LogP contribution in [0.1, 0.15) is 0 Å². The van der Waals surface area contributed by atoms with Gasteiger partial charge in [-0.2, -0.15) is 0 Å². The van der Waals surface area contributed by atoms with Crippen molar-refractivity contribution in [3.8, 4) is 44.8 Å². The Morgan fingerprint density at radius 3 is 1.54 bits per heavy atom. The first-order valence-corrected chi connectivity index (χ1v) is 18.3. The largest absolute Gasteiger partial charge is 0.435 e. The van der Waals surface area contributed by atoms with Gasteiger partial charge in [0.15, 0.2) is 5.58 Å². The van der Waals surface area contributed by atoms with Crippen molar-refractivity contribution in [2.75, 3.05) is 4.90 Å². The molecule has 54 heavy (non-hydrogen) atoms. The second kappa shape index (κ2) is 13.4. The van der Waals surface area contributed by atoms with E-state index in [1.807, 2.05) is 6.07 Å². The van der Waals surface area contributed by atoms with Gasteiger partial charge in [-0.25, -0.2) is 4.98 Å². The maximum absolute atomic E-state index is 6.59. The highest BCUT2D eigenvalue weighted by atomic mass is 16.3. The topological polar surface area (TPSA) is 29.3 Å². The zero-order chi connectivity index (χ0) is 35.8. The van der Waals surface area contributed by atoms with Crippen LogP contribution in [-0.2, 0) is 0 Å². The Balaban J connectivity index is 1.07. The van der Waals surface area contributed by atoms with Gasteiger partial charge in [0.25, 0.3) is 0 Å². The number of hydrogen-bond donors (Lipinski definition) is 0. The Morgan fingerprint density at radius 1 is 0.352 bits per heavy atom. The van der Waals surface area contributed by atoms with Crippen LogP contribution < -0.4 is 4.90 Å². The molecular formula is C51H34N2O. The van der Waals surface area contributed by atoms with Crippen LogP contribution in [0.5, 0.6) is 0 Å². The summed E-state index contributed by atoms with van der Waals surface area (Å²) in [5, 5.41) is 4.60. The lowest BCUT2D eigenvalue weighted by Gasteiger charge is -2.26. The Morgan fingerprint density at radius 2 is 0.852 bits per heavy atom. The van der Waals surface area contributed by atoms with Crippen molar-refractivity contribution >= 4 is 49.7 Å². The van der Waals surface area contributed by atoms with E-state index in [9.17, 15) is 0 Å². The number of fused-ring (bicyclic) bond motifs is 4. The smallest absolute Gasteiger partial charge is 0.227 e.